The van der Waals surface area contributed by atoms with E-state index in [1.807, 2.05) is 20.8 Å². The van der Waals surface area contributed by atoms with E-state index >= 15 is 0 Å². The van der Waals surface area contributed by atoms with Crippen molar-refractivity contribution in [3.8, 4) is 5.75 Å². The van der Waals surface area contributed by atoms with E-state index in [0.29, 0.717) is 12.2 Å². The van der Waals surface area contributed by atoms with Crippen molar-refractivity contribution in [1.29, 1.82) is 0 Å². The zero-order valence-electron chi connectivity index (χ0n) is 23.7. The van der Waals surface area contributed by atoms with Crippen molar-refractivity contribution >= 4 is 50.7 Å². The molecule has 0 aromatic heterocycles. The number of carbonyl (C=O) groups excluding carboxylic acids is 2. The third kappa shape index (κ3) is 8.15. The van der Waals surface area contributed by atoms with Crippen LogP contribution in [0.3, 0.4) is 0 Å². The largest absolute Gasteiger partial charge is 0.497 e. The highest BCUT2D eigenvalue weighted by Crippen LogP contribution is 2.31. The number of halogens is 2. The second kappa shape index (κ2) is 14.1. The molecule has 0 aliphatic carbocycles. The molecule has 2 amide bonds. The van der Waals surface area contributed by atoms with Crippen molar-refractivity contribution in [1.82, 2.24) is 10.2 Å². The number of ether oxygens (including phenoxy) is 1. The molecular weight excluding hydrogens is 585 g/mol. The first-order chi connectivity index (χ1) is 19.4. The molecule has 8 nitrogen and oxygen atoms in total. The molecule has 0 unspecified atom stereocenters. The predicted octanol–water partition coefficient (Wildman–Crippen LogP) is 5.84. The van der Waals surface area contributed by atoms with Crippen molar-refractivity contribution in [3.05, 3.63) is 87.9 Å². The molecule has 0 aliphatic rings. The first-order valence-corrected chi connectivity index (χ1v) is 15.3. The van der Waals surface area contributed by atoms with E-state index < -0.39 is 28.5 Å². The molecule has 0 heterocycles. The van der Waals surface area contributed by atoms with Gasteiger partial charge in [0, 0.05) is 12.6 Å². The number of nitrogens with one attached hydrogen (secondary N) is 1. The van der Waals surface area contributed by atoms with E-state index in [0.717, 1.165) is 15.4 Å². The Hall–Kier alpha value is -3.27. The van der Waals surface area contributed by atoms with Gasteiger partial charge in [0.15, 0.2) is 0 Å². The van der Waals surface area contributed by atoms with Gasteiger partial charge < -0.3 is 15.0 Å². The number of aryl methyl sites for hydroxylation is 1. The van der Waals surface area contributed by atoms with Gasteiger partial charge in [-0.05, 0) is 75.2 Å². The molecule has 3 aromatic rings. The van der Waals surface area contributed by atoms with E-state index in [1.54, 1.807) is 50.4 Å². The standard InChI is InChI=1S/C30H35Cl2N3O5S/c1-6-21(3)33-30(37)22(4)34(18-23-9-12-25(40-5)13-10-23)29(36)19-35(24-11-16-27(31)28(32)17-24)41(38,39)26-14-7-20(2)8-15-26/h7-17,21-22H,6,18-19H2,1-5H3,(H,33,37)/t21-,22-/m0/s1. The maximum Gasteiger partial charge on any atom is 0.264 e. The van der Waals surface area contributed by atoms with E-state index in [2.05, 4.69) is 5.32 Å². The van der Waals surface area contributed by atoms with E-state index in [-0.39, 0.29) is 39.1 Å². The Morgan fingerprint density at radius 1 is 0.951 bits per heavy atom. The normalized spacial score (nSPS) is 12.8. The second-order valence-electron chi connectivity index (χ2n) is 9.79. The molecule has 0 aliphatic heterocycles. The lowest BCUT2D eigenvalue weighted by Crippen LogP contribution is -2.52. The number of anilines is 1. The van der Waals surface area contributed by atoms with Gasteiger partial charge in [-0.25, -0.2) is 8.42 Å². The fraction of sp³-hybridized carbons (Fsp3) is 0.333. The Balaban J connectivity index is 2.04. The molecule has 220 valence electrons. The summed E-state index contributed by atoms with van der Waals surface area (Å²) < 4.78 is 34.0. The lowest BCUT2D eigenvalue weighted by Gasteiger charge is -2.32. The average molecular weight is 621 g/mol. The molecule has 3 aromatic carbocycles. The monoisotopic (exact) mass is 619 g/mol. The first kappa shape index (κ1) is 32.2. The van der Waals surface area contributed by atoms with Crippen molar-refractivity contribution in [2.45, 2.75) is 57.6 Å². The molecule has 0 saturated heterocycles. The topological polar surface area (TPSA) is 96.0 Å². The summed E-state index contributed by atoms with van der Waals surface area (Å²) in [5.74, 6) is -0.276. The van der Waals surface area contributed by atoms with Crippen LogP contribution in [0.2, 0.25) is 10.0 Å². The number of hydrogen-bond donors (Lipinski definition) is 1. The summed E-state index contributed by atoms with van der Waals surface area (Å²) >= 11 is 12.4. The minimum absolute atomic E-state index is 0.00578. The number of methoxy groups -OCH3 is 1. The minimum atomic E-state index is -4.21. The van der Waals surface area contributed by atoms with Crippen LogP contribution in [-0.2, 0) is 26.2 Å². The van der Waals surface area contributed by atoms with Crippen molar-refractivity contribution < 1.29 is 22.7 Å². The summed E-state index contributed by atoms with van der Waals surface area (Å²) in [4.78, 5) is 28.5. The number of benzene rings is 3. The number of carbonyl (C=O) groups is 2. The molecule has 0 radical (unpaired) electrons. The number of nitrogens with zero attached hydrogens (tertiary/aromatic N) is 2. The van der Waals surface area contributed by atoms with Gasteiger partial charge in [0.05, 0.1) is 27.7 Å². The highest BCUT2D eigenvalue weighted by Gasteiger charge is 2.33. The first-order valence-electron chi connectivity index (χ1n) is 13.1. The van der Waals surface area contributed by atoms with E-state index in [4.69, 9.17) is 27.9 Å². The predicted molar refractivity (Wildman–Crippen MR) is 163 cm³/mol. The maximum absolute atomic E-state index is 14.0. The van der Waals surface area contributed by atoms with Gasteiger partial charge in [-0.2, -0.15) is 0 Å². The van der Waals surface area contributed by atoms with Crippen LogP contribution in [0.25, 0.3) is 0 Å². The lowest BCUT2D eigenvalue weighted by atomic mass is 10.1. The molecule has 1 N–H and O–H groups in total. The quantitative estimate of drug-likeness (QED) is 0.275. The Kier molecular flexibility index (Phi) is 11.1. The van der Waals surface area contributed by atoms with Gasteiger partial charge in [-0.3, -0.25) is 13.9 Å². The van der Waals surface area contributed by atoms with Gasteiger partial charge in [0.1, 0.15) is 18.3 Å². The van der Waals surface area contributed by atoms with Gasteiger partial charge in [-0.1, -0.05) is 60.0 Å². The maximum atomic E-state index is 14.0. The molecule has 0 saturated carbocycles. The summed E-state index contributed by atoms with van der Waals surface area (Å²) in [5.41, 5.74) is 1.78. The van der Waals surface area contributed by atoms with Crippen LogP contribution in [0.15, 0.2) is 71.6 Å². The third-order valence-corrected chi connectivity index (χ3v) is 9.29. The van der Waals surface area contributed by atoms with Crippen LogP contribution in [0.4, 0.5) is 5.69 Å². The minimum Gasteiger partial charge on any atom is -0.497 e. The van der Waals surface area contributed by atoms with Crippen molar-refractivity contribution in [2.24, 2.45) is 0 Å². The van der Waals surface area contributed by atoms with Gasteiger partial charge in [0.2, 0.25) is 11.8 Å². The zero-order valence-corrected chi connectivity index (χ0v) is 26.1. The molecule has 3 rings (SSSR count). The van der Waals surface area contributed by atoms with Gasteiger partial charge in [-0.15, -0.1) is 0 Å². The van der Waals surface area contributed by atoms with Crippen LogP contribution in [0.5, 0.6) is 5.75 Å². The van der Waals surface area contributed by atoms with Crippen molar-refractivity contribution in [2.75, 3.05) is 18.0 Å². The summed E-state index contributed by atoms with van der Waals surface area (Å²) in [5, 5.41) is 3.29. The Morgan fingerprint density at radius 2 is 1.59 bits per heavy atom. The van der Waals surface area contributed by atoms with Crippen LogP contribution < -0.4 is 14.4 Å². The molecule has 0 spiro atoms. The van der Waals surface area contributed by atoms with Crippen LogP contribution in [-0.4, -0.2) is 50.9 Å². The zero-order chi connectivity index (χ0) is 30.3. The second-order valence-corrected chi connectivity index (χ2v) is 12.5. The van der Waals surface area contributed by atoms with Crippen LogP contribution in [0, 0.1) is 6.92 Å². The average Bonchev–Trinajstić information content (AvgIpc) is 2.96. The van der Waals surface area contributed by atoms with E-state index in [1.165, 1.54) is 35.2 Å². The Bertz CT molecular complexity index is 1460. The summed E-state index contributed by atoms with van der Waals surface area (Å²) in [6.07, 6.45) is 0.713. The van der Waals surface area contributed by atoms with Crippen LogP contribution >= 0.6 is 23.2 Å². The number of amides is 2. The van der Waals surface area contributed by atoms with Crippen LogP contribution in [0.1, 0.15) is 38.3 Å². The highest BCUT2D eigenvalue weighted by molar-refractivity contribution is 7.92. The van der Waals surface area contributed by atoms with Crippen molar-refractivity contribution in [3.63, 3.8) is 0 Å². The van der Waals surface area contributed by atoms with Gasteiger partial charge >= 0.3 is 0 Å². The summed E-state index contributed by atoms with van der Waals surface area (Å²) in [6, 6.07) is 16.8. The molecular formula is C30H35Cl2N3O5S. The highest BCUT2D eigenvalue weighted by atomic mass is 35.5. The molecule has 41 heavy (non-hydrogen) atoms. The lowest BCUT2D eigenvalue weighted by molar-refractivity contribution is -0.139. The molecule has 0 fully saturated rings. The summed E-state index contributed by atoms with van der Waals surface area (Å²) in [6.45, 7) is 6.78. The molecule has 0 bridgehead atoms. The molecule has 2 atom stereocenters. The SMILES string of the molecule is CC[C@H](C)NC(=O)[C@H](C)N(Cc1ccc(OC)cc1)C(=O)CN(c1ccc(Cl)c(Cl)c1)S(=O)(=O)c1ccc(C)cc1. The molecule has 11 heteroatoms. The number of rotatable bonds is 12. The van der Waals surface area contributed by atoms with Gasteiger partial charge in [0.25, 0.3) is 10.0 Å². The smallest absolute Gasteiger partial charge is 0.264 e. The number of sulfonamides is 1. The fourth-order valence-electron chi connectivity index (χ4n) is 3.98. The Labute approximate surface area is 252 Å². The summed E-state index contributed by atoms with van der Waals surface area (Å²) in [7, 11) is -2.66. The third-order valence-electron chi connectivity index (χ3n) is 6.76. The Morgan fingerprint density at radius 3 is 2.15 bits per heavy atom. The van der Waals surface area contributed by atoms with E-state index in [9.17, 15) is 18.0 Å². The fourth-order valence-corrected chi connectivity index (χ4v) is 5.68. The number of hydrogen-bond acceptors (Lipinski definition) is 5.